The van der Waals surface area contributed by atoms with Crippen LogP contribution in [0.25, 0.3) is 10.9 Å². The molecule has 0 aliphatic heterocycles. The summed E-state index contributed by atoms with van der Waals surface area (Å²) in [5, 5.41) is 3.74. The molecule has 37 heavy (non-hydrogen) atoms. The van der Waals surface area contributed by atoms with Crippen LogP contribution in [0.1, 0.15) is 57.3 Å². The Kier molecular flexibility index (Phi) is 9.31. The molecular weight excluding hydrogens is 472 g/mol. The number of benzene rings is 3. The molecule has 7 heteroatoms. The number of halogens is 2. The summed E-state index contributed by atoms with van der Waals surface area (Å²) in [6, 6.07) is 19.6. The van der Waals surface area contributed by atoms with Gasteiger partial charge in [-0.3, -0.25) is 9.59 Å². The molecule has 1 N–H and O–H groups in total. The summed E-state index contributed by atoms with van der Waals surface area (Å²) in [5.74, 6) is -1.44. The molecule has 0 saturated heterocycles. The van der Waals surface area contributed by atoms with Gasteiger partial charge in [0.15, 0.2) is 17.9 Å². The van der Waals surface area contributed by atoms with Crippen LogP contribution in [0, 0.1) is 11.6 Å². The van der Waals surface area contributed by atoms with E-state index in [1.165, 1.54) is 6.07 Å². The second kappa shape index (κ2) is 12.4. The average Bonchev–Trinajstić information content (AvgIpc) is 3.19. The first-order valence-corrected chi connectivity index (χ1v) is 12.1. The van der Waals surface area contributed by atoms with Crippen molar-refractivity contribution < 1.29 is 18.4 Å². The first-order chi connectivity index (χ1) is 17.7. The van der Waals surface area contributed by atoms with Crippen LogP contribution in [-0.2, 0) is 13.1 Å². The minimum atomic E-state index is -0.801. The zero-order valence-corrected chi connectivity index (χ0v) is 21.9. The minimum absolute atomic E-state index is 0.0434. The Bertz CT molecular complexity index is 1380. The summed E-state index contributed by atoms with van der Waals surface area (Å²) in [6.07, 6.45) is 0.937. The van der Waals surface area contributed by atoms with E-state index in [9.17, 15) is 18.4 Å². The molecule has 0 unspecified atom stereocenters. The fraction of sp³-hybridized carbons (Fsp3) is 0.267. The predicted molar refractivity (Wildman–Crippen MR) is 144 cm³/mol. The van der Waals surface area contributed by atoms with Gasteiger partial charge in [-0.25, -0.2) is 8.78 Å². The number of carbonyl (C=O) groups excluding carboxylic acids is 2. The van der Waals surface area contributed by atoms with Crippen LogP contribution in [-0.4, -0.2) is 42.8 Å². The molecule has 0 bridgehead atoms. The van der Waals surface area contributed by atoms with E-state index >= 15 is 0 Å². The summed E-state index contributed by atoms with van der Waals surface area (Å²) in [4.78, 5) is 25.8. The average molecular weight is 506 g/mol. The Balaban J connectivity index is 0.000000289. The molecule has 0 aliphatic carbocycles. The van der Waals surface area contributed by atoms with Gasteiger partial charge in [0.05, 0.1) is 5.52 Å². The second-order valence-corrected chi connectivity index (χ2v) is 9.35. The van der Waals surface area contributed by atoms with Crippen molar-refractivity contribution in [1.82, 2.24) is 14.8 Å². The zero-order chi connectivity index (χ0) is 27.1. The fourth-order valence-corrected chi connectivity index (χ4v) is 4.32. The third kappa shape index (κ3) is 6.49. The lowest BCUT2D eigenvalue weighted by Crippen LogP contribution is -2.21. The molecule has 3 aromatic carbocycles. The van der Waals surface area contributed by atoms with Crippen LogP contribution < -0.4 is 5.32 Å². The number of fused-ring (bicyclic) bond motifs is 1. The van der Waals surface area contributed by atoms with E-state index in [2.05, 4.69) is 35.9 Å². The molecule has 0 saturated carbocycles. The molecular formula is C30H33F2N3O2. The van der Waals surface area contributed by atoms with Crippen LogP contribution in [0.5, 0.6) is 0 Å². The Morgan fingerprint density at radius 3 is 2.24 bits per heavy atom. The Hall–Kier alpha value is -3.84. The molecule has 4 rings (SSSR count). The number of aromatic nitrogens is 1. The summed E-state index contributed by atoms with van der Waals surface area (Å²) in [7, 11) is 5.24. The van der Waals surface area contributed by atoms with Crippen molar-refractivity contribution in [2.45, 2.75) is 32.9 Å². The molecule has 0 radical (unpaired) electrons. The molecule has 0 spiro atoms. The fourth-order valence-electron chi connectivity index (χ4n) is 4.32. The van der Waals surface area contributed by atoms with Gasteiger partial charge in [-0.05, 0) is 48.4 Å². The molecule has 1 aromatic heterocycles. The van der Waals surface area contributed by atoms with Gasteiger partial charge in [0.1, 0.15) is 0 Å². The van der Waals surface area contributed by atoms with Crippen molar-refractivity contribution in [3.05, 3.63) is 106 Å². The number of nitrogens with zero attached hydrogens (tertiary/aromatic N) is 2. The van der Waals surface area contributed by atoms with Gasteiger partial charge in [0, 0.05) is 49.4 Å². The number of aldehydes is 1. The normalized spacial score (nSPS) is 10.8. The van der Waals surface area contributed by atoms with E-state index in [0.29, 0.717) is 18.7 Å². The maximum Gasteiger partial charge on any atom is 0.253 e. The van der Waals surface area contributed by atoms with E-state index in [4.69, 9.17) is 0 Å². The topological polar surface area (TPSA) is 54.3 Å². The molecule has 1 amide bonds. The van der Waals surface area contributed by atoms with E-state index in [0.717, 1.165) is 45.6 Å². The SMILES string of the molecule is CC(C)c1c(C=O)c2ccc(C(=O)N(C)C)cc2n1Cc1ccccc1.CNCc1ccc(F)c(F)c1. The maximum absolute atomic E-state index is 12.5. The summed E-state index contributed by atoms with van der Waals surface area (Å²) in [6.45, 7) is 5.40. The maximum atomic E-state index is 12.5. The van der Waals surface area contributed by atoms with Crippen LogP contribution in [0.3, 0.4) is 0 Å². The second-order valence-electron chi connectivity index (χ2n) is 9.35. The van der Waals surface area contributed by atoms with Gasteiger partial charge in [-0.15, -0.1) is 0 Å². The smallest absolute Gasteiger partial charge is 0.253 e. The molecule has 5 nitrogen and oxygen atoms in total. The van der Waals surface area contributed by atoms with E-state index in [1.807, 2.05) is 30.3 Å². The third-order valence-electron chi connectivity index (χ3n) is 6.01. The van der Waals surface area contributed by atoms with Crippen molar-refractivity contribution in [1.29, 1.82) is 0 Å². The molecule has 194 valence electrons. The molecule has 0 fully saturated rings. The van der Waals surface area contributed by atoms with Gasteiger partial charge in [0.25, 0.3) is 5.91 Å². The number of amides is 1. The van der Waals surface area contributed by atoms with Gasteiger partial charge in [-0.2, -0.15) is 0 Å². The molecule has 1 heterocycles. The Morgan fingerprint density at radius 1 is 0.973 bits per heavy atom. The first kappa shape index (κ1) is 27.7. The van der Waals surface area contributed by atoms with Crippen molar-refractivity contribution in [2.75, 3.05) is 21.1 Å². The highest BCUT2D eigenvalue weighted by Gasteiger charge is 2.21. The van der Waals surface area contributed by atoms with Gasteiger partial charge >= 0.3 is 0 Å². The lowest BCUT2D eigenvalue weighted by Gasteiger charge is -2.15. The minimum Gasteiger partial charge on any atom is -0.345 e. The standard InChI is InChI=1S/C22H24N2O2.C8H9F2N/c1-15(2)21-19(14-25)18-11-10-17(22(26)23(3)4)12-20(18)24(21)13-16-8-6-5-7-9-16;1-11-5-6-2-3-7(9)8(10)4-6/h5-12,14-15H,13H2,1-4H3;2-4,11H,5H2,1H3. The first-order valence-electron chi connectivity index (χ1n) is 12.1. The highest BCUT2D eigenvalue weighted by atomic mass is 19.2. The van der Waals surface area contributed by atoms with E-state index in [-0.39, 0.29) is 11.8 Å². The van der Waals surface area contributed by atoms with Crippen LogP contribution in [0.15, 0.2) is 66.7 Å². The Labute approximate surface area is 216 Å². The van der Waals surface area contributed by atoms with Crippen LogP contribution in [0.2, 0.25) is 0 Å². The van der Waals surface area contributed by atoms with Crippen molar-refractivity contribution in [3.8, 4) is 0 Å². The predicted octanol–water partition coefficient (Wildman–Crippen LogP) is 6.01. The van der Waals surface area contributed by atoms with Crippen LogP contribution >= 0.6 is 0 Å². The monoisotopic (exact) mass is 505 g/mol. The number of hydrogen-bond donors (Lipinski definition) is 1. The largest absolute Gasteiger partial charge is 0.345 e. The summed E-state index contributed by atoms with van der Waals surface area (Å²) >= 11 is 0. The molecule has 4 aromatic rings. The number of rotatable bonds is 7. The summed E-state index contributed by atoms with van der Waals surface area (Å²) in [5.41, 5.74) is 5.18. The van der Waals surface area contributed by atoms with Crippen LogP contribution in [0.4, 0.5) is 8.78 Å². The Morgan fingerprint density at radius 2 is 1.68 bits per heavy atom. The van der Waals surface area contributed by atoms with E-state index in [1.54, 1.807) is 38.2 Å². The highest BCUT2D eigenvalue weighted by molar-refractivity contribution is 6.03. The lowest BCUT2D eigenvalue weighted by molar-refractivity contribution is 0.0827. The molecule has 0 aliphatic rings. The number of carbonyl (C=O) groups is 2. The van der Waals surface area contributed by atoms with Crippen molar-refractivity contribution >= 4 is 23.1 Å². The third-order valence-corrected chi connectivity index (χ3v) is 6.01. The highest BCUT2D eigenvalue weighted by Crippen LogP contribution is 2.32. The quantitative estimate of drug-likeness (QED) is 0.313. The number of nitrogens with one attached hydrogen (secondary N) is 1. The number of hydrogen-bond acceptors (Lipinski definition) is 3. The molecule has 0 atom stereocenters. The van der Waals surface area contributed by atoms with Crippen molar-refractivity contribution in [3.63, 3.8) is 0 Å². The summed E-state index contributed by atoms with van der Waals surface area (Å²) < 4.78 is 27.0. The van der Waals surface area contributed by atoms with Crippen molar-refractivity contribution in [2.24, 2.45) is 0 Å². The van der Waals surface area contributed by atoms with E-state index < -0.39 is 11.6 Å². The lowest BCUT2D eigenvalue weighted by atomic mass is 10.0. The van der Waals surface area contributed by atoms with Gasteiger partial charge < -0.3 is 14.8 Å². The van der Waals surface area contributed by atoms with Gasteiger partial charge in [-0.1, -0.05) is 56.3 Å². The zero-order valence-electron chi connectivity index (χ0n) is 21.9. The van der Waals surface area contributed by atoms with Gasteiger partial charge in [0.2, 0.25) is 0 Å².